The van der Waals surface area contributed by atoms with Gasteiger partial charge in [0.2, 0.25) is 0 Å². The van der Waals surface area contributed by atoms with Crippen LogP contribution >= 0.6 is 11.3 Å². The van der Waals surface area contributed by atoms with Gasteiger partial charge in [-0.3, -0.25) is 9.78 Å². The smallest absolute Gasteiger partial charge is 0.253 e. The van der Waals surface area contributed by atoms with Crippen LogP contribution in [0.4, 0.5) is 0 Å². The summed E-state index contributed by atoms with van der Waals surface area (Å²) >= 11 is 1.66. The summed E-state index contributed by atoms with van der Waals surface area (Å²) in [5.74, 6) is 5.48. The number of pyridine rings is 1. The van der Waals surface area contributed by atoms with Crippen LogP contribution in [-0.2, 0) is 6.42 Å². The molecule has 1 unspecified atom stereocenters. The van der Waals surface area contributed by atoms with Gasteiger partial charge in [-0.25, -0.2) is 0 Å². The van der Waals surface area contributed by atoms with Gasteiger partial charge in [-0.05, 0) is 41.8 Å². The molecule has 0 aliphatic rings. The maximum Gasteiger partial charge on any atom is 0.253 e. The van der Waals surface area contributed by atoms with Crippen molar-refractivity contribution in [3.8, 4) is 11.8 Å². The molecule has 2 heterocycles. The van der Waals surface area contributed by atoms with Gasteiger partial charge < -0.3 is 11.1 Å². The highest BCUT2D eigenvalue weighted by atomic mass is 32.1. The van der Waals surface area contributed by atoms with E-state index in [4.69, 9.17) is 5.73 Å². The molecule has 0 aliphatic heterocycles. The maximum absolute atomic E-state index is 12.2. The number of hydrogen-bond donors (Lipinski definition) is 2. The quantitative estimate of drug-likeness (QED) is 0.846. The standard InChI is InChI=1S/C16H17N3OS/c1-12(7-14-4-6-21-11-14)19-16(20)15-8-13(3-2-5-17)9-18-10-15/h4,6,8-12H,5,7,17H2,1H3,(H,19,20). The number of amides is 1. The van der Waals surface area contributed by atoms with Crippen molar-refractivity contribution in [2.45, 2.75) is 19.4 Å². The van der Waals surface area contributed by atoms with Crippen molar-refractivity contribution in [1.29, 1.82) is 0 Å². The number of nitrogens with zero attached hydrogens (tertiary/aromatic N) is 1. The molecule has 0 saturated heterocycles. The van der Waals surface area contributed by atoms with Gasteiger partial charge in [0.25, 0.3) is 5.91 Å². The lowest BCUT2D eigenvalue weighted by molar-refractivity contribution is 0.0939. The molecule has 21 heavy (non-hydrogen) atoms. The molecule has 1 amide bonds. The van der Waals surface area contributed by atoms with Crippen LogP contribution in [0.5, 0.6) is 0 Å². The molecule has 4 nitrogen and oxygen atoms in total. The van der Waals surface area contributed by atoms with E-state index in [0.29, 0.717) is 11.1 Å². The average Bonchev–Trinajstić information content (AvgIpc) is 2.98. The molecule has 0 aliphatic carbocycles. The van der Waals surface area contributed by atoms with E-state index < -0.39 is 0 Å². The lowest BCUT2D eigenvalue weighted by Gasteiger charge is -2.13. The van der Waals surface area contributed by atoms with E-state index in [1.165, 1.54) is 5.56 Å². The van der Waals surface area contributed by atoms with Gasteiger partial charge in [-0.2, -0.15) is 11.3 Å². The molecule has 2 rings (SSSR count). The van der Waals surface area contributed by atoms with Gasteiger partial charge in [0.05, 0.1) is 12.1 Å². The summed E-state index contributed by atoms with van der Waals surface area (Å²) in [5.41, 5.74) is 7.77. The number of carbonyl (C=O) groups excluding carboxylic acids is 1. The van der Waals surface area contributed by atoms with Gasteiger partial charge in [0, 0.05) is 24.0 Å². The Morgan fingerprint density at radius 2 is 2.38 bits per heavy atom. The Bertz CT molecular complexity index is 656. The Hall–Kier alpha value is -2.16. The molecule has 1 atom stereocenters. The molecular formula is C16H17N3OS. The van der Waals surface area contributed by atoms with E-state index in [0.717, 1.165) is 6.42 Å². The van der Waals surface area contributed by atoms with Crippen LogP contribution in [0.3, 0.4) is 0 Å². The van der Waals surface area contributed by atoms with Crippen molar-refractivity contribution in [3.05, 3.63) is 52.0 Å². The van der Waals surface area contributed by atoms with Gasteiger partial charge in [-0.15, -0.1) is 0 Å². The molecule has 0 bridgehead atoms. The van der Waals surface area contributed by atoms with Crippen molar-refractivity contribution < 1.29 is 4.79 Å². The lowest BCUT2D eigenvalue weighted by Crippen LogP contribution is -2.34. The van der Waals surface area contributed by atoms with E-state index in [2.05, 4.69) is 33.6 Å². The van der Waals surface area contributed by atoms with Crippen molar-refractivity contribution in [2.75, 3.05) is 6.54 Å². The first-order chi connectivity index (χ1) is 10.2. The third-order valence-electron chi connectivity index (χ3n) is 2.83. The lowest BCUT2D eigenvalue weighted by atomic mass is 10.1. The van der Waals surface area contributed by atoms with Crippen LogP contribution < -0.4 is 11.1 Å². The third-order valence-corrected chi connectivity index (χ3v) is 3.57. The Morgan fingerprint density at radius 3 is 3.10 bits per heavy atom. The first-order valence-electron chi connectivity index (χ1n) is 6.65. The zero-order valence-corrected chi connectivity index (χ0v) is 12.6. The maximum atomic E-state index is 12.2. The highest BCUT2D eigenvalue weighted by Crippen LogP contribution is 2.09. The zero-order chi connectivity index (χ0) is 15.1. The van der Waals surface area contributed by atoms with Gasteiger partial charge >= 0.3 is 0 Å². The van der Waals surface area contributed by atoms with Crippen molar-refractivity contribution >= 4 is 17.2 Å². The second-order valence-electron chi connectivity index (χ2n) is 4.68. The summed E-state index contributed by atoms with van der Waals surface area (Å²) in [4.78, 5) is 16.2. The molecular weight excluding hydrogens is 282 g/mol. The molecule has 0 fully saturated rings. The molecule has 0 saturated carbocycles. The summed E-state index contributed by atoms with van der Waals surface area (Å²) in [7, 11) is 0. The number of carbonyl (C=O) groups is 1. The van der Waals surface area contributed by atoms with Crippen LogP contribution in [0.25, 0.3) is 0 Å². The molecule has 0 spiro atoms. The molecule has 5 heteroatoms. The minimum atomic E-state index is -0.137. The fraction of sp³-hybridized carbons (Fsp3) is 0.250. The molecule has 108 valence electrons. The monoisotopic (exact) mass is 299 g/mol. The molecule has 2 aromatic rings. The van der Waals surface area contributed by atoms with Crippen molar-refractivity contribution in [2.24, 2.45) is 5.73 Å². The number of thiophene rings is 1. The Balaban J connectivity index is 1.99. The summed E-state index contributed by atoms with van der Waals surface area (Å²) < 4.78 is 0. The van der Waals surface area contributed by atoms with E-state index in [9.17, 15) is 4.79 Å². The number of hydrogen-bond acceptors (Lipinski definition) is 4. The van der Waals surface area contributed by atoms with Crippen LogP contribution in [0.15, 0.2) is 35.3 Å². The number of rotatable bonds is 4. The van der Waals surface area contributed by atoms with Gasteiger partial charge in [0.1, 0.15) is 0 Å². The van der Waals surface area contributed by atoms with Crippen LogP contribution in [0.2, 0.25) is 0 Å². The highest BCUT2D eigenvalue weighted by molar-refractivity contribution is 7.07. The van der Waals surface area contributed by atoms with Crippen molar-refractivity contribution in [1.82, 2.24) is 10.3 Å². The van der Waals surface area contributed by atoms with Crippen LogP contribution in [0.1, 0.15) is 28.4 Å². The summed E-state index contributed by atoms with van der Waals surface area (Å²) in [6.07, 6.45) is 3.98. The van der Waals surface area contributed by atoms with Crippen LogP contribution in [0, 0.1) is 11.8 Å². The third kappa shape index (κ3) is 4.71. The minimum Gasteiger partial charge on any atom is -0.349 e. The Kier molecular flexibility index (Phi) is 5.50. The molecule has 3 N–H and O–H groups in total. The fourth-order valence-corrected chi connectivity index (χ4v) is 2.59. The Morgan fingerprint density at radius 1 is 1.52 bits per heavy atom. The van der Waals surface area contributed by atoms with E-state index >= 15 is 0 Å². The first kappa shape index (κ1) is 15.2. The van der Waals surface area contributed by atoms with Gasteiger partial charge in [0.15, 0.2) is 0 Å². The summed E-state index contributed by atoms with van der Waals surface area (Å²) in [6, 6.07) is 3.85. The Labute approximate surface area is 128 Å². The topological polar surface area (TPSA) is 68.0 Å². The summed E-state index contributed by atoms with van der Waals surface area (Å²) in [6.45, 7) is 2.27. The number of aromatic nitrogens is 1. The number of nitrogens with two attached hydrogens (primary N) is 1. The number of nitrogens with one attached hydrogen (secondary N) is 1. The largest absolute Gasteiger partial charge is 0.349 e. The minimum absolute atomic E-state index is 0.0610. The SMILES string of the molecule is CC(Cc1ccsc1)NC(=O)c1cncc(C#CCN)c1. The summed E-state index contributed by atoms with van der Waals surface area (Å²) in [5, 5.41) is 7.10. The first-order valence-corrected chi connectivity index (χ1v) is 7.59. The van der Waals surface area contributed by atoms with E-state index in [1.54, 1.807) is 29.8 Å². The second kappa shape index (κ2) is 7.58. The zero-order valence-electron chi connectivity index (χ0n) is 11.8. The molecule has 2 aromatic heterocycles. The van der Waals surface area contributed by atoms with Crippen molar-refractivity contribution in [3.63, 3.8) is 0 Å². The molecule has 0 radical (unpaired) electrons. The molecule has 0 aromatic carbocycles. The second-order valence-corrected chi connectivity index (χ2v) is 5.46. The fourth-order valence-electron chi connectivity index (χ4n) is 1.91. The van der Waals surface area contributed by atoms with Crippen LogP contribution in [-0.4, -0.2) is 23.5 Å². The van der Waals surface area contributed by atoms with Gasteiger partial charge in [-0.1, -0.05) is 11.8 Å². The predicted molar refractivity (Wildman–Crippen MR) is 85.1 cm³/mol. The average molecular weight is 299 g/mol. The predicted octanol–water partition coefficient (Wildman–Crippen LogP) is 1.81. The van der Waals surface area contributed by atoms with E-state index in [-0.39, 0.29) is 18.5 Å². The normalized spacial score (nSPS) is 11.3. The van der Waals surface area contributed by atoms with E-state index in [1.807, 2.05) is 12.3 Å². The highest BCUT2D eigenvalue weighted by Gasteiger charge is 2.11.